The SMILES string of the molecule is [C-]#[N+]C(O)c1cccc2c1CC1C[C@@H](O)[C@H](CC[C@@H](O)CCCCC)[C@H]1C2. The van der Waals surface area contributed by atoms with Gasteiger partial charge in [0.05, 0.1) is 17.8 Å². The first kappa shape index (κ1) is 20.3. The number of rotatable bonds is 8. The Morgan fingerprint density at radius 1 is 1.19 bits per heavy atom. The highest BCUT2D eigenvalue weighted by Gasteiger charge is 2.45. The fraction of sp³-hybridized carbons (Fsp3) is 0.696. The smallest absolute Gasteiger partial charge is 0.352 e. The third-order valence-electron chi connectivity index (χ3n) is 6.80. The first-order valence-electron chi connectivity index (χ1n) is 10.6. The number of hydrogen-bond acceptors (Lipinski definition) is 3. The molecule has 4 nitrogen and oxygen atoms in total. The molecule has 0 bridgehead atoms. The van der Waals surface area contributed by atoms with Gasteiger partial charge in [0.1, 0.15) is 0 Å². The molecule has 0 heterocycles. The van der Waals surface area contributed by atoms with Crippen molar-refractivity contribution in [2.24, 2.45) is 17.8 Å². The molecule has 0 aromatic heterocycles. The maximum Gasteiger partial charge on any atom is 0.352 e. The van der Waals surface area contributed by atoms with Gasteiger partial charge in [0.2, 0.25) is 0 Å². The molecule has 2 aliphatic carbocycles. The van der Waals surface area contributed by atoms with Crippen molar-refractivity contribution in [2.75, 3.05) is 0 Å². The molecule has 3 rings (SSSR count). The third kappa shape index (κ3) is 4.54. The van der Waals surface area contributed by atoms with Crippen molar-refractivity contribution in [3.05, 3.63) is 46.3 Å². The molecule has 0 spiro atoms. The minimum Gasteiger partial charge on any atom is -0.393 e. The molecule has 2 unspecified atom stereocenters. The Bertz CT molecular complexity index is 668. The predicted octanol–water partition coefficient (Wildman–Crippen LogP) is 4.03. The standard InChI is InChI=1S/C23H33NO3/c1-3-4-5-8-17(25)10-11-18-21-12-15-7-6-9-19(23(27)24-2)20(15)13-16(21)14-22(18)26/h6-7,9,16-18,21-23,25-27H,3-5,8,10-14H2,1H3/t16?,17-,18+,21-,22+,23?/m0/s1. The monoisotopic (exact) mass is 371 g/mol. The zero-order valence-corrected chi connectivity index (χ0v) is 16.3. The van der Waals surface area contributed by atoms with Gasteiger partial charge >= 0.3 is 6.23 Å². The van der Waals surface area contributed by atoms with Crippen LogP contribution in [0.15, 0.2) is 18.2 Å². The van der Waals surface area contributed by atoms with Crippen LogP contribution in [0.3, 0.4) is 0 Å². The molecule has 0 aliphatic heterocycles. The molecule has 148 valence electrons. The average Bonchev–Trinajstić information content (AvgIpc) is 2.97. The van der Waals surface area contributed by atoms with Crippen LogP contribution >= 0.6 is 0 Å². The summed E-state index contributed by atoms with van der Waals surface area (Å²) in [6, 6.07) is 5.89. The van der Waals surface area contributed by atoms with E-state index in [0.717, 1.165) is 56.1 Å². The van der Waals surface area contributed by atoms with E-state index in [1.165, 1.54) is 18.4 Å². The molecule has 0 amide bonds. The van der Waals surface area contributed by atoms with Crippen molar-refractivity contribution in [3.8, 4) is 0 Å². The van der Waals surface area contributed by atoms with E-state index in [2.05, 4.69) is 17.8 Å². The first-order chi connectivity index (χ1) is 13.0. The minimum atomic E-state index is -1.09. The Morgan fingerprint density at radius 2 is 2.00 bits per heavy atom. The van der Waals surface area contributed by atoms with Gasteiger partial charge in [-0.15, -0.1) is 0 Å². The molecule has 27 heavy (non-hydrogen) atoms. The zero-order valence-electron chi connectivity index (χ0n) is 16.3. The summed E-state index contributed by atoms with van der Waals surface area (Å²) in [4.78, 5) is 3.29. The third-order valence-corrected chi connectivity index (χ3v) is 6.80. The highest BCUT2D eigenvalue weighted by molar-refractivity contribution is 5.40. The van der Waals surface area contributed by atoms with Crippen LogP contribution in [0.4, 0.5) is 0 Å². The lowest BCUT2D eigenvalue weighted by Crippen LogP contribution is -2.28. The van der Waals surface area contributed by atoms with Crippen molar-refractivity contribution < 1.29 is 15.3 Å². The molecule has 3 N–H and O–H groups in total. The highest BCUT2D eigenvalue weighted by atomic mass is 16.3. The Kier molecular flexibility index (Phi) is 6.92. The largest absolute Gasteiger partial charge is 0.393 e. The number of benzene rings is 1. The fourth-order valence-electron chi connectivity index (χ4n) is 5.34. The lowest BCUT2D eigenvalue weighted by atomic mass is 9.72. The lowest BCUT2D eigenvalue weighted by molar-refractivity contribution is 0.0869. The van der Waals surface area contributed by atoms with Gasteiger partial charge in [0, 0.05) is 0 Å². The molecule has 0 radical (unpaired) electrons. The molecule has 1 aromatic rings. The van der Waals surface area contributed by atoms with E-state index >= 15 is 0 Å². The summed E-state index contributed by atoms with van der Waals surface area (Å²) in [5.41, 5.74) is 3.08. The molecule has 0 saturated heterocycles. The second-order valence-corrected chi connectivity index (χ2v) is 8.51. The van der Waals surface area contributed by atoms with Gasteiger partial charge < -0.3 is 15.3 Å². The van der Waals surface area contributed by atoms with Crippen molar-refractivity contribution in [1.82, 2.24) is 0 Å². The van der Waals surface area contributed by atoms with Crippen LogP contribution in [-0.2, 0) is 12.8 Å². The molecule has 6 atom stereocenters. The molecule has 1 aromatic carbocycles. The maximum absolute atomic E-state index is 10.7. The number of hydrogen-bond donors (Lipinski definition) is 3. The van der Waals surface area contributed by atoms with Crippen molar-refractivity contribution >= 4 is 0 Å². The van der Waals surface area contributed by atoms with Crippen LogP contribution in [0.25, 0.3) is 4.85 Å². The molecular formula is C23H33NO3. The Hall–Kier alpha value is -1.41. The Balaban J connectivity index is 1.66. The summed E-state index contributed by atoms with van der Waals surface area (Å²) in [7, 11) is 0. The summed E-state index contributed by atoms with van der Waals surface area (Å²) in [5, 5.41) is 31.0. The molecule has 4 heteroatoms. The topological polar surface area (TPSA) is 65.0 Å². The maximum atomic E-state index is 10.7. The number of aliphatic hydroxyl groups is 3. The van der Waals surface area contributed by atoms with Crippen molar-refractivity contribution in [1.29, 1.82) is 0 Å². The predicted molar refractivity (Wildman–Crippen MR) is 106 cm³/mol. The van der Waals surface area contributed by atoms with Crippen LogP contribution < -0.4 is 0 Å². The lowest BCUT2D eigenvalue weighted by Gasteiger charge is -2.32. The summed E-state index contributed by atoms with van der Waals surface area (Å²) in [6.07, 6.45) is 6.85. The number of nitrogens with zero attached hydrogens (tertiary/aromatic N) is 1. The van der Waals surface area contributed by atoms with Gasteiger partial charge in [-0.3, -0.25) is 4.85 Å². The number of fused-ring (bicyclic) bond motifs is 2. The van der Waals surface area contributed by atoms with Gasteiger partial charge in [0.15, 0.2) is 0 Å². The van der Waals surface area contributed by atoms with Crippen LogP contribution in [-0.4, -0.2) is 27.5 Å². The van der Waals surface area contributed by atoms with Crippen molar-refractivity contribution in [2.45, 2.75) is 83.1 Å². The Morgan fingerprint density at radius 3 is 2.74 bits per heavy atom. The molecule has 2 aliphatic rings. The van der Waals surface area contributed by atoms with Crippen LogP contribution in [0.5, 0.6) is 0 Å². The van der Waals surface area contributed by atoms with E-state index in [4.69, 9.17) is 6.57 Å². The minimum absolute atomic E-state index is 0.249. The van der Waals surface area contributed by atoms with Gasteiger partial charge in [-0.25, -0.2) is 6.57 Å². The zero-order chi connectivity index (χ0) is 19.4. The number of unbranched alkanes of at least 4 members (excludes halogenated alkanes) is 2. The Labute approximate surface area is 163 Å². The molecule has 1 saturated carbocycles. The van der Waals surface area contributed by atoms with Crippen LogP contribution in [0.2, 0.25) is 0 Å². The van der Waals surface area contributed by atoms with Gasteiger partial charge in [-0.2, -0.15) is 0 Å². The van der Waals surface area contributed by atoms with E-state index in [-0.39, 0.29) is 18.1 Å². The summed E-state index contributed by atoms with van der Waals surface area (Å²) in [6.45, 7) is 9.31. The van der Waals surface area contributed by atoms with Crippen molar-refractivity contribution in [3.63, 3.8) is 0 Å². The van der Waals surface area contributed by atoms with Gasteiger partial charge in [0.25, 0.3) is 0 Å². The van der Waals surface area contributed by atoms with Gasteiger partial charge in [-0.05, 0) is 73.5 Å². The van der Waals surface area contributed by atoms with E-state index < -0.39 is 6.23 Å². The first-order valence-corrected chi connectivity index (χ1v) is 10.6. The average molecular weight is 372 g/mol. The molecule has 1 fully saturated rings. The van der Waals surface area contributed by atoms with E-state index in [0.29, 0.717) is 11.8 Å². The summed E-state index contributed by atoms with van der Waals surface area (Å²) < 4.78 is 0. The highest BCUT2D eigenvalue weighted by Crippen LogP contribution is 2.48. The number of aliphatic hydroxyl groups excluding tert-OH is 3. The van der Waals surface area contributed by atoms with E-state index in [9.17, 15) is 15.3 Å². The second kappa shape index (κ2) is 9.19. The van der Waals surface area contributed by atoms with E-state index in [1.807, 2.05) is 12.1 Å². The summed E-state index contributed by atoms with van der Waals surface area (Å²) in [5.74, 6) is 1.10. The van der Waals surface area contributed by atoms with Crippen LogP contribution in [0, 0.1) is 24.3 Å². The van der Waals surface area contributed by atoms with E-state index in [1.54, 1.807) is 0 Å². The quantitative estimate of drug-likeness (QED) is 0.477. The summed E-state index contributed by atoms with van der Waals surface area (Å²) >= 11 is 0. The second-order valence-electron chi connectivity index (χ2n) is 8.51. The van der Waals surface area contributed by atoms with Crippen LogP contribution in [0.1, 0.15) is 74.8 Å². The van der Waals surface area contributed by atoms with Gasteiger partial charge in [-0.1, -0.05) is 38.3 Å². The fourth-order valence-corrected chi connectivity index (χ4v) is 5.34. The normalized spacial score (nSPS) is 28.9. The molecular weight excluding hydrogens is 338 g/mol.